The van der Waals surface area contributed by atoms with E-state index < -0.39 is 0 Å². The standard InChI is InChI=1S/C20H20N4O2S/c1-14-11-15-5-3-4-6-18(15)24(14)19(25)12-27-20-22-21-13-23(20)16-7-9-17(26-2)10-8-16/h3-10,13-14H,11-12H2,1-2H3/t14-/m0/s1. The van der Waals surface area contributed by atoms with E-state index in [4.69, 9.17) is 4.74 Å². The van der Waals surface area contributed by atoms with Gasteiger partial charge in [0.2, 0.25) is 5.91 Å². The molecule has 1 atom stereocenters. The number of para-hydroxylation sites is 1. The van der Waals surface area contributed by atoms with E-state index in [1.165, 1.54) is 17.3 Å². The minimum absolute atomic E-state index is 0.0849. The number of hydrogen-bond donors (Lipinski definition) is 0. The van der Waals surface area contributed by atoms with Gasteiger partial charge in [0.05, 0.1) is 12.9 Å². The van der Waals surface area contributed by atoms with Crippen LogP contribution in [0.15, 0.2) is 60.0 Å². The van der Waals surface area contributed by atoms with Crippen molar-refractivity contribution in [2.24, 2.45) is 0 Å². The Balaban J connectivity index is 1.48. The lowest BCUT2D eigenvalue weighted by Crippen LogP contribution is -2.37. The first kappa shape index (κ1) is 17.6. The molecule has 1 amide bonds. The van der Waals surface area contributed by atoms with Crippen LogP contribution in [-0.4, -0.2) is 39.6 Å². The van der Waals surface area contributed by atoms with Gasteiger partial charge in [-0.15, -0.1) is 10.2 Å². The van der Waals surface area contributed by atoms with E-state index in [1.807, 2.05) is 51.9 Å². The van der Waals surface area contributed by atoms with Crippen LogP contribution in [0.5, 0.6) is 5.75 Å². The maximum absolute atomic E-state index is 12.9. The van der Waals surface area contributed by atoms with Gasteiger partial charge in [-0.05, 0) is 49.2 Å². The molecule has 0 unspecified atom stereocenters. The molecular weight excluding hydrogens is 360 g/mol. The van der Waals surface area contributed by atoms with Crippen molar-refractivity contribution in [2.75, 3.05) is 17.8 Å². The van der Waals surface area contributed by atoms with Crippen LogP contribution in [0, 0.1) is 0 Å². The van der Waals surface area contributed by atoms with Gasteiger partial charge >= 0.3 is 0 Å². The fraction of sp³-hybridized carbons (Fsp3) is 0.250. The lowest BCUT2D eigenvalue weighted by atomic mass is 10.1. The summed E-state index contributed by atoms with van der Waals surface area (Å²) in [5.74, 6) is 1.19. The molecule has 0 radical (unpaired) electrons. The molecule has 1 aliphatic rings. The summed E-state index contributed by atoms with van der Waals surface area (Å²) in [6, 6.07) is 15.9. The number of methoxy groups -OCH3 is 1. The minimum Gasteiger partial charge on any atom is -0.497 e. The van der Waals surface area contributed by atoms with E-state index in [0.717, 1.165) is 23.5 Å². The Morgan fingerprint density at radius 1 is 1.22 bits per heavy atom. The van der Waals surface area contributed by atoms with Crippen LogP contribution in [-0.2, 0) is 11.2 Å². The Morgan fingerprint density at radius 2 is 2.00 bits per heavy atom. The number of aromatic nitrogens is 3. The monoisotopic (exact) mass is 380 g/mol. The molecular formula is C20H20N4O2S. The lowest BCUT2D eigenvalue weighted by molar-refractivity contribution is -0.116. The van der Waals surface area contributed by atoms with Gasteiger partial charge < -0.3 is 9.64 Å². The first-order valence-electron chi connectivity index (χ1n) is 8.74. The number of fused-ring (bicyclic) bond motifs is 1. The first-order valence-corrected chi connectivity index (χ1v) is 9.73. The average Bonchev–Trinajstić information content (AvgIpc) is 3.29. The maximum atomic E-state index is 12.9. The number of amides is 1. The number of rotatable bonds is 5. The van der Waals surface area contributed by atoms with Gasteiger partial charge in [0, 0.05) is 17.4 Å². The van der Waals surface area contributed by atoms with E-state index in [9.17, 15) is 4.79 Å². The zero-order valence-electron chi connectivity index (χ0n) is 15.2. The quantitative estimate of drug-likeness (QED) is 0.636. The van der Waals surface area contributed by atoms with Crippen molar-refractivity contribution in [1.82, 2.24) is 14.8 Å². The fourth-order valence-corrected chi connectivity index (χ4v) is 4.17. The second kappa shape index (κ2) is 7.44. The predicted octanol–water partition coefficient (Wildman–Crippen LogP) is 3.35. The van der Waals surface area contributed by atoms with Crippen molar-refractivity contribution in [3.05, 3.63) is 60.4 Å². The summed E-state index contributed by atoms with van der Waals surface area (Å²) < 4.78 is 7.07. The van der Waals surface area contributed by atoms with Gasteiger partial charge in [-0.3, -0.25) is 9.36 Å². The molecule has 4 rings (SSSR count). The third kappa shape index (κ3) is 3.42. The Morgan fingerprint density at radius 3 is 2.78 bits per heavy atom. The number of carbonyl (C=O) groups is 1. The molecule has 6 nitrogen and oxygen atoms in total. The number of benzene rings is 2. The lowest BCUT2D eigenvalue weighted by Gasteiger charge is -2.22. The van der Waals surface area contributed by atoms with Crippen molar-refractivity contribution >= 4 is 23.4 Å². The maximum Gasteiger partial charge on any atom is 0.237 e. The normalized spacial score (nSPS) is 15.6. The van der Waals surface area contributed by atoms with Crippen LogP contribution in [0.3, 0.4) is 0 Å². The molecule has 1 aliphatic heterocycles. The van der Waals surface area contributed by atoms with Crippen molar-refractivity contribution in [1.29, 1.82) is 0 Å². The molecule has 0 N–H and O–H groups in total. The van der Waals surface area contributed by atoms with Crippen LogP contribution >= 0.6 is 11.8 Å². The molecule has 27 heavy (non-hydrogen) atoms. The zero-order chi connectivity index (χ0) is 18.8. The summed E-state index contributed by atoms with van der Waals surface area (Å²) >= 11 is 1.40. The third-order valence-corrected chi connectivity index (χ3v) is 5.60. The molecule has 0 bridgehead atoms. The number of nitrogens with zero attached hydrogens (tertiary/aromatic N) is 4. The smallest absolute Gasteiger partial charge is 0.237 e. The van der Waals surface area contributed by atoms with E-state index in [0.29, 0.717) is 10.9 Å². The highest BCUT2D eigenvalue weighted by Gasteiger charge is 2.30. The summed E-state index contributed by atoms with van der Waals surface area (Å²) in [6.45, 7) is 2.09. The number of thioether (sulfide) groups is 1. The number of ether oxygens (including phenoxy) is 1. The van der Waals surface area contributed by atoms with Crippen LogP contribution in [0.1, 0.15) is 12.5 Å². The average molecular weight is 380 g/mol. The summed E-state index contributed by atoms with van der Waals surface area (Å²) in [5.41, 5.74) is 3.17. The highest BCUT2D eigenvalue weighted by atomic mass is 32.2. The van der Waals surface area contributed by atoms with Crippen molar-refractivity contribution < 1.29 is 9.53 Å². The molecule has 0 fully saturated rings. The van der Waals surface area contributed by atoms with Crippen LogP contribution in [0.4, 0.5) is 5.69 Å². The number of hydrogen-bond acceptors (Lipinski definition) is 5. The Bertz CT molecular complexity index is 955. The molecule has 7 heteroatoms. The highest BCUT2D eigenvalue weighted by Crippen LogP contribution is 2.33. The SMILES string of the molecule is COc1ccc(-n2cnnc2SCC(=O)N2c3ccccc3C[C@@H]2C)cc1. The van der Waals surface area contributed by atoms with Gasteiger partial charge in [0.15, 0.2) is 5.16 Å². The molecule has 2 heterocycles. The van der Waals surface area contributed by atoms with Crippen molar-refractivity contribution in [2.45, 2.75) is 24.5 Å². The van der Waals surface area contributed by atoms with Crippen molar-refractivity contribution in [3.8, 4) is 11.4 Å². The number of carbonyl (C=O) groups excluding carboxylic acids is 1. The highest BCUT2D eigenvalue weighted by molar-refractivity contribution is 7.99. The molecule has 0 saturated carbocycles. The summed E-state index contributed by atoms with van der Waals surface area (Å²) in [5, 5.41) is 8.86. The summed E-state index contributed by atoms with van der Waals surface area (Å²) in [4.78, 5) is 14.8. The van der Waals surface area contributed by atoms with Crippen LogP contribution in [0.25, 0.3) is 5.69 Å². The van der Waals surface area contributed by atoms with Crippen LogP contribution < -0.4 is 9.64 Å². The molecule has 138 valence electrons. The minimum atomic E-state index is 0.0849. The molecule has 2 aromatic carbocycles. The molecule has 1 aromatic heterocycles. The van der Waals surface area contributed by atoms with Crippen LogP contribution in [0.2, 0.25) is 0 Å². The van der Waals surface area contributed by atoms with E-state index in [2.05, 4.69) is 23.2 Å². The summed E-state index contributed by atoms with van der Waals surface area (Å²) in [6.07, 6.45) is 2.55. The first-order chi connectivity index (χ1) is 13.2. The second-order valence-electron chi connectivity index (χ2n) is 6.42. The summed E-state index contributed by atoms with van der Waals surface area (Å²) in [7, 11) is 1.64. The molecule has 0 spiro atoms. The largest absolute Gasteiger partial charge is 0.497 e. The Hall–Kier alpha value is -2.80. The third-order valence-electron chi connectivity index (χ3n) is 4.67. The van der Waals surface area contributed by atoms with Gasteiger partial charge in [-0.1, -0.05) is 30.0 Å². The van der Waals surface area contributed by atoms with E-state index in [-0.39, 0.29) is 11.9 Å². The van der Waals surface area contributed by atoms with Gasteiger partial charge in [0.1, 0.15) is 12.1 Å². The Kier molecular flexibility index (Phi) is 4.85. The predicted molar refractivity (Wildman–Crippen MR) is 106 cm³/mol. The van der Waals surface area contributed by atoms with Gasteiger partial charge in [-0.2, -0.15) is 0 Å². The Labute approximate surface area is 162 Å². The van der Waals surface area contributed by atoms with E-state index >= 15 is 0 Å². The van der Waals surface area contributed by atoms with Gasteiger partial charge in [0.25, 0.3) is 0 Å². The van der Waals surface area contributed by atoms with E-state index in [1.54, 1.807) is 13.4 Å². The second-order valence-corrected chi connectivity index (χ2v) is 7.36. The molecule has 3 aromatic rings. The van der Waals surface area contributed by atoms with Gasteiger partial charge in [-0.25, -0.2) is 0 Å². The molecule has 0 aliphatic carbocycles. The fourth-order valence-electron chi connectivity index (χ4n) is 3.38. The topological polar surface area (TPSA) is 60.2 Å². The molecule has 0 saturated heterocycles. The number of anilines is 1. The van der Waals surface area contributed by atoms with Crippen molar-refractivity contribution in [3.63, 3.8) is 0 Å². The zero-order valence-corrected chi connectivity index (χ0v) is 16.0.